The van der Waals surface area contributed by atoms with E-state index in [2.05, 4.69) is 0 Å². The number of nitriles is 2. The lowest BCUT2D eigenvalue weighted by molar-refractivity contribution is -0.131. The van der Waals surface area contributed by atoms with Crippen molar-refractivity contribution in [3.05, 3.63) is 35.9 Å². The summed E-state index contributed by atoms with van der Waals surface area (Å²) in [6.07, 6.45) is 2.53. The lowest BCUT2D eigenvalue weighted by atomic mass is 10.2. The molecular formula is C13H11N3O2. The van der Waals surface area contributed by atoms with Crippen LogP contribution in [0.1, 0.15) is 5.56 Å². The van der Waals surface area contributed by atoms with Gasteiger partial charge in [-0.3, -0.25) is 0 Å². The Labute approximate surface area is 105 Å². The maximum Gasteiger partial charge on any atom is 0.328 e. The minimum Gasteiger partial charge on any atom is -0.478 e. The molecule has 1 aromatic carbocycles. The van der Waals surface area contributed by atoms with Crippen molar-refractivity contribution >= 4 is 17.7 Å². The molecule has 1 rings (SSSR count). The van der Waals surface area contributed by atoms with E-state index in [-0.39, 0.29) is 13.1 Å². The first-order chi connectivity index (χ1) is 8.67. The molecule has 0 aliphatic heterocycles. The molecule has 1 aromatic rings. The SMILES string of the molecule is N#CCN(CC#N)c1ccc(/C=C/C(=O)O)cc1. The fourth-order valence-corrected chi connectivity index (χ4v) is 1.37. The third-order valence-corrected chi connectivity index (χ3v) is 2.20. The third kappa shape index (κ3) is 3.99. The van der Waals surface area contributed by atoms with Gasteiger partial charge in [0.25, 0.3) is 0 Å². The van der Waals surface area contributed by atoms with Crippen molar-refractivity contribution in [1.82, 2.24) is 0 Å². The lowest BCUT2D eigenvalue weighted by Gasteiger charge is -2.17. The molecule has 90 valence electrons. The Bertz CT molecular complexity index is 505. The molecule has 0 aliphatic carbocycles. The van der Waals surface area contributed by atoms with Crippen molar-refractivity contribution in [2.45, 2.75) is 0 Å². The van der Waals surface area contributed by atoms with Crippen LogP contribution in [0.25, 0.3) is 6.08 Å². The molecule has 5 nitrogen and oxygen atoms in total. The van der Waals surface area contributed by atoms with Crippen LogP contribution in [0, 0.1) is 22.7 Å². The summed E-state index contributed by atoms with van der Waals surface area (Å²) in [6.45, 7) is 0.274. The van der Waals surface area contributed by atoms with Crippen LogP contribution in [0.2, 0.25) is 0 Å². The Balaban J connectivity index is 2.84. The van der Waals surface area contributed by atoms with E-state index < -0.39 is 5.97 Å². The number of anilines is 1. The molecule has 0 aliphatic rings. The Hall–Kier alpha value is -2.79. The van der Waals surface area contributed by atoms with Crippen molar-refractivity contribution in [2.75, 3.05) is 18.0 Å². The molecule has 0 bridgehead atoms. The quantitative estimate of drug-likeness (QED) is 0.625. The van der Waals surface area contributed by atoms with Gasteiger partial charge in [0.05, 0.1) is 12.1 Å². The summed E-state index contributed by atoms with van der Waals surface area (Å²) in [5.74, 6) is -1.00. The zero-order chi connectivity index (χ0) is 13.4. The Morgan fingerprint density at radius 1 is 1.22 bits per heavy atom. The summed E-state index contributed by atoms with van der Waals surface area (Å²) in [7, 11) is 0. The Morgan fingerprint density at radius 3 is 2.22 bits per heavy atom. The van der Waals surface area contributed by atoms with E-state index in [4.69, 9.17) is 15.6 Å². The highest BCUT2D eigenvalue weighted by Gasteiger charge is 2.04. The molecule has 0 unspecified atom stereocenters. The number of aliphatic carboxylic acids is 1. The molecule has 0 saturated heterocycles. The van der Waals surface area contributed by atoms with Crippen LogP contribution < -0.4 is 4.90 Å². The maximum absolute atomic E-state index is 10.4. The monoisotopic (exact) mass is 241 g/mol. The molecule has 1 N–H and O–H groups in total. The minimum atomic E-state index is -1.00. The van der Waals surface area contributed by atoms with Crippen LogP contribution in [-0.2, 0) is 4.79 Å². The first-order valence-corrected chi connectivity index (χ1v) is 5.17. The number of carboxylic acids is 1. The van der Waals surface area contributed by atoms with Crippen molar-refractivity contribution in [2.24, 2.45) is 0 Å². The fourth-order valence-electron chi connectivity index (χ4n) is 1.37. The van der Waals surface area contributed by atoms with Gasteiger partial charge in [-0.2, -0.15) is 10.5 Å². The summed E-state index contributed by atoms with van der Waals surface area (Å²) in [5.41, 5.74) is 1.50. The summed E-state index contributed by atoms with van der Waals surface area (Å²) in [6, 6.07) is 10.9. The van der Waals surface area contributed by atoms with Crippen molar-refractivity contribution < 1.29 is 9.90 Å². The van der Waals surface area contributed by atoms with Gasteiger partial charge in [-0.05, 0) is 23.8 Å². The van der Waals surface area contributed by atoms with Crippen LogP contribution in [-0.4, -0.2) is 24.2 Å². The van der Waals surface area contributed by atoms with Gasteiger partial charge in [0, 0.05) is 11.8 Å². The molecule has 0 radical (unpaired) electrons. The molecule has 0 aromatic heterocycles. The number of carbonyl (C=O) groups is 1. The van der Waals surface area contributed by atoms with Crippen LogP contribution in [0.4, 0.5) is 5.69 Å². The van der Waals surface area contributed by atoms with Crippen molar-refractivity contribution in [3.8, 4) is 12.1 Å². The summed E-state index contributed by atoms with van der Waals surface area (Å²) >= 11 is 0. The van der Waals surface area contributed by atoms with Gasteiger partial charge in [0.2, 0.25) is 0 Å². The first-order valence-electron chi connectivity index (χ1n) is 5.17. The van der Waals surface area contributed by atoms with E-state index >= 15 is 0 Å². The number of hydrogen-bond donors (Lipinski definition) is 1. The molecule has 5 heteroatoms. The highest BCUT2D eigenvalue weighted by molar-refractivity contribution is 5.85. The second kappa shape index (κ2) is 6.72. The van der Waals surface area contributed by atoms with E-state index in [1.165, 1.54) is 6.08 Å². The summed E-state index contributed by atoms with van der Waals surface area (Å²) < 4.78 is 0. The normalized spacial score (nSPS) is 9.67. The second-order valence-electron chi connectivity index (χ2n) is 3.44. The molecule has 18 heavy (non-hydrogen) atoms. The standard InChI is InChI=1S/C13H11N3O2/c14-7-9-16(10-8-15)12-4-1-11(2-5-12)3-6-13(17)18/h1-6H,9-10H2,(H,17,18)/b6-3+. The average molecular weight is 241 g/mol. The van der Waals surface area contributed by atoms with Crippen LogP contribution in [0.3, 0.4) is 0 Å². The van der Waals surface area contributed by atoms with Gasteiger partial charge in [0.1, 0.15) is 13.1 Å². The van der Waals surface area contributed by atoms with Crippen LogP contribution in [0.15, 0.2) is 30.3 Å². The predicted octanol–water partition coefficient (Wildman–Crippen LogP) is 1.64. The van der Waals surface area contributed by atoms with Gasteiger partial charge in [0.15, 0.2) is 0 Å². The first kappa shape index (κ1) is 13.3. The molecular weight excluding hydrogens is 230 g/mol. The molecule has 0 heterocycles. The molecule has 0 amide bonds. The molecule has 0 spiro atoms. The third-order valence-electron chi connectivity index (χ3n) is 2.20. The highest BCUT2D eigenvalue weighted by atomic mass is 16.4. The zero-order valence-corrected chi connectivity index (χ0v) is 9.58. The van der Waals surface area contributed by atoms with Crippen molar-refractivity contribution in [3.63, 3.8) is 0 Å². The van der Waals surface area contributed by atoms with Gasteiger partial charge in [-0.25, -0.2) is 4.79 Å². The summed E-state index contributed by atoms with van der Waals surface area (Å²) in [5, 5.41) is 25.8. The largest absolute Gasteiger partial charge is 0.478 e. The number of nitrogens with zero attached hydrogens (tertiary/aromatic N) is 3. The number of hydrogen-bond acceptors (Lipinski definition) is 4. The zero-order valence-electron chi connectivity index (χ0n) is 9.58. The maximum atomic E-state index is 10.4. The Kier molecular flexibility index (Phi) is 4.96. The fraction of sp³-hybridized carbons (Fsp3) is 0.154. The number of carboxylic acid groups (broad SMARTS) is 1. The Morgan fingerprint density at radius 2 is 1.78 bits per heavy atom. The second-order valence-corrected chi connectivity index (χ2v) is 3.44. The van der Waals surface area contributed by atoms with E-state index in [0.717, 1.165) is 17.3 Å². The molecule has 0 saturated carbocycles. The number of rotatable bonds is 5. The topological polar surface area (TPSA) is 88.1 Å². The van der Waals surface area contributed by atoms with Crippen LogP contribution in [0.5, 0.6) is 0 Å². The molecule has 0 fully saturated rings. The van der Waals surface area contributed by atoms with Gasteiger partial charge < -0.3 is 10.0 Å². The van der Waals surface area contributed by atoms with Gasteiger partial charge >= 0.3 is 5.97 Å². The van der Waals surface area contributed by atoms with E-state index in [1.54, 1.807) is 29.2 Å². The van der Waals surface area contributed by atoms with Gasteiger partial charge in [-0.15, -0.1) is 0 Å². The van der Waals surface area contributed by atoms with Crippen LogP contribution >= 0.6 is 0 Å². The van der Waals surface area contributed by atoms with E-state index in [0.29, 0.717) is 0 Å². The van der Waals surface area contributed by atoms with Gasteiger partial charge in [-0.1, -0.05) is 12.1 Å². The van der Waals surface area contributed by atoms with Crippen molar-refractivity contribution in [1.29, 1.82) is 10.5 Å². The number of benzene rings is 1. The predicted molar refractivity (Wildman–Crippen MR) is 66.6 cm³/mol. The molecule has 0 atom stereocenters. The van der Waals surface area contributed by atoms with E-state index in [9.17, 15) is 4.79 Å². The smallest absolute Gasteiger partial charge is 0.328 e. The average Bonchev–Trinajstić information content (AvgIpc) is 2.37. The lowest BCUT2D eigenvalue weighted by Crippen LogP contribution is -2.23. The highest BCUT2D eigenvalue weighted by Crippen LogP contribution is 2.15. The van der Waals surface area contributed by atoms with E-state index in [1.807, 2.05) is 12.1 Å². The minimum absolute atomic E-state index is 0.137. The summed E-state index contributed by atoms with van der Waals surface area (Å²) in [4.78, 5) is 12.0.